The third-order valence-electron chi connectivity index (χ3n) is 23.9. The van der Waals surface area contributed by atoms with E-state index >= 15 is 0 Å². The highest BCUT2D eigenvalue weighted by Crippen LogP contribution is 2.68. The normalized spacial score (nSPS) is 54.0. The summed E-state index contributed by atoms with van der Waals surface area (Å²) >= 11 is 0. The van der Waals surface area contributed by atoms with Crippen LogP contribution < -0.4 is 0 Å². The Morgan fingerprint density at radius 1 is 0.541 bits per heavy atom. The Morgan fingerprint density at radius 2 is 1.05 bits per heavy atom. The lowest BCUT2D eigenvalue weighted by molar-refractivity contribution is -0.407. The van der Waals surface area contributed by atoms with Gasteiger partial charge in [0.25, 0.3) is 0 Å². The van der Waals surface area contributed by atoms with Crippen molar-refractivity contribution in [3.8, 4) is 0 Å². The molecule has 18 N–H and O–H groups in total. The van der Waals surface area contributed by atoms with Crippen molar-refractivity contribution < 1.29 is 166 Å². The number of aliphatic hydroxyl groups is 17. The minimum atomic E-state index is -4.98. The summed E-state index contributed by atoms with van der Waals surface area (Å²) < 4.78 is 119. The van der Waals surface area contributed by atoms with Crippen LogP contribution in [0.3, 0.4) is 0 Å². The molecule has 35 heteroatoms. The molecule has 7 aliphatic heterocycles. The molecule has 7 saturated heterocycles. The van der Waals surface area contributed by atoms with E-state index in [0.29, 0.717) is 31.6 Å². The van der Waals surface area contributed by atoms with Gasteiger partial charge < -0.3 is 148 Å². The molecule has 0 aromatic rings. The Morgan fingerprint density at radius 3 is 1.62 bits per heavy atom. The molecule has 34 nitrogen and oxygen atoms in total. The Bertz CT molecular complexity index is 2830. The number of ether oxygens (including phenoxy) is 13. The van der Waals surface area contributed by atoms with Crippen molar-refractivity contribution in [2.24, 2.45) is 46.3 Å². The highest BCUT2D eigenvalue weighted by Gasteiger charge is 2.69. The van der Waals surface area contributed by atoms with E-state index in [1.807, 2.05) is 13.8 Å². The monoisotopic (exact) mass is 1440 g/mol. The van der Waals surface area contributed by atoms with E-state index in [0.717, 1.165) is 5.57 Å². The van der Waals surface area contributed by atoms with Gasteiger partial charge >= 0.3 is 10.4 Å². The van der Waals surface area contributed by atoms with Crippen LogP contribution in [0.15, 0.2) is 11.6 Å². The van der Waals surface area contributed by atoms with Gasteiger partial charge in [-0.25, -0.2) is 4.18 Å². The molecule has 11 rings (SSSR count). The summed E-state index contributed by atoms with van der Waals surface area (Å²) in [5.41, 5.74) is -1.76. The topological polar surface area (TPSA) is 531 Å². The van der Waals surface area contributed by atoms with Crippen LogP contribution in [0.2, 0.25) is 0 Å². The van der Waals surface area contributed by atoms with Crippen LogP contribution >= 0.6 is 0 Å². The summed E-state index contributed by atoms with van der Waals surface area (Å²) in [6.45, 7) is 13.6. The molecule has 3 saturated carbocycles. The number of epoxide rings is 1. The number of allylic oxidation sites excluding steroid dienone is 1. The molecule has 0 unspecified atom stereocenters. The fourth-order valence-corrected chi connectivity index (χ4v) is 18.2. The number of fused-ring (bicyclic) bond motifs is 5. The minimum Gasteiger partial charge on any atom is -0.394 e. The maximum Gasteiger partial charge on any atom is 0.397 e. The molecule has 0 amide bonds. The van der Waals surface area contributed by atoms with E-state index in [1.54, 1.807) is 0 Å². The quantitative estimate of drug-likeness (QED) is 0.0307. The first kappa shape index (κ1) is 77.5. The SMILES string of the molecule is CC(C)[C@H](C)[C@@H]1O[C@H]1[C@](C)(O)[C@H]1CC[C@H]2[C@H]3C(=CC[C@]12C)[C@@]1(C)CC[C@H](OS(=O)(=O)O)C[C@@H]1[C@@H](O[C@@H]1O[C@H](C)[C@@H](O)[C@H](O[C@@H]2OC[C@@H](O[C@@H]4O[C@H](CO)[C@@H](O[C@@H]5O[C@H](CO)[C@H](O)[C@H](O)[C@H]5O)[C@H](O)[C@H]4O[C@@H]4O[C@H](C)[C@H](O)[C@H](O)[C@H]4O)[C@H](O)[C@H]2O[C@@H]2O[C@H](C)[C@@H](O)[C@H](O)[C@H]2O)[C@H]1O)[C@H]3O. The highest BCUT2D eigenvalue weighted by atomic mass is 32.3. The van der Waals surface area contributed by atoms with Gasteiger partial charge in [-0.1, -0.05) is 46.3 Å². The number of hydrogen-bond donors (Lipinski definition) is 18. The van der Waals surface area contributed by atoms with E-state index < -0.39 is 261 Å². The molecule has 0 aromatic carbocycles. The molecule has 0 radical (unpaired) electrons. The Balaban J connectivity index is 0.873. The molecule has 7 heterocycles. The van der Waals surface area contributed by atoms with Gasteiger partial charge in [-0.3, -0.25) is 4.55 Å². The van der Waals surface area contributed by atoms with Crippen LogP contribution in [0.25, 0.3) is 0 Å². The van der Waals surface area contributed by atoms with Crippen LogP contribution in [0.1, 0.15) is 101 Å². The molecule has 10 fully saturated rings. The van der Waals surface area contributed by atoms with Gasteiger partial charge in [0.05, 0.1) is 68.1 Å². The smallest absolute Gasteiger partial charge is 0.394 e. The van der Waals surface area contributed by atoms with Crippen molar-refractivity contribution in [3.63, 3.8) is 0 Å². The van der Waals surface area contributed by atoms with E-state index in [9.17, 15) is 99.8 Å². The van der Waals surface area contributed by atoms with E-state index in [-0.39, 0.29) is 36.7 Å². The first-order chi connectivity index (χ1) is 45.9. The zero-order valence-corrected chi connectivity index (χ0v) is 56.8. The second-order valence-corrected chi connectivity index (χ2v) is 31.3. The van der Waals surface area contributed by atoms with Crippen molar-refractivity contribution in [2.75, 3.05) is 19.8 Å². The molecule has 4 aliphatic carbocycles. The van der Waals surface area contributed by atoms with Crippen LogP contribution in [0.5, 0.6) is 0 Å². The molecular weight excluding hydrogens is 1330 g/mol. The van der Waals surface area contributed by atoms with Crippen molar-refractivity contribution in [3.05, 3.63) is 11.6 Å². The molecular formula is C63H104O34S. The summed E-state index contributed by atoms with van der Waals surface area (Å²) in [7, 11) is -4.98. The molecule has 566 valence electrons. The lowest BCUT2D eigenvalue weighted by Gasteiger charge is -2.61. The van der Waals surface area contributed by atoms with Crippen molar-refractivity contribution in [2.45, 2.75) is 315 Å². The molecule has 0 bridgehead atoms. The first-order valence-corrected chi connectivity index (χ1v) is 35.6. The lowest BCUT2D eigenvalue weighted by Crippen LogP contribution is -2.68. The van der Waals surface area contributed by atoms with Gasteiger partial charge in [-0.15, -0.1) is 0 Å². The Hall–Kier alpha value is -1.59. The summed E-state index contributed by atoms with van der Waals surface area (Å²) in [4.78, 5) is 0. The summed E-state index contributed by atoms with van der Waals surface area (Å²) in [6.07, 6.45) is -53.6. The van der Waals surface area contributed by atoms with Gasteiger partial charge in [0.15, 0.2) is 37.7 Å². The number of hydrogen-bond acceptors (Lipinski definition) is 33. The molecule has 42 atom stereocenters. The van der Waals surface area contributed by atoms with E-state index in [1.165, 1.54) is 20.8 Å². The van der Waals surface area contributed by atoms with Crippen LogP contribution in [0.4, 0.5) is 0 Å². The minimum absolute atomic E-state index is 0.0795. The second kappa shape index (κ2) is 29.6. The maximum absolute atomic E-state index is 13.1. The first-order valence-electron chi connectivity index (χ1n) is 34.2. The zero-order chi connectivity index (χ0) is 71.6. The Labute approximate surface area is 567 Å². The van der Waals surface area contributed by atoms with Gasteiger partial charge in [-0.05, 0) is 107 Å². The second-order valence-electron chi connectivity index (χ2n) is 30.3. The van der Waals surface area contributed by atoms with Gasteiger partial charge in [0.1, 0.15) is 128 Å². The molecule has 98 heavy (non-hydrogen) atoms. The van der Waals surface area contributed by atoms with E-state index in [4.69, 9.17) is 65.8 Å². The summed E-state index contributed by atoms with van der Waals surface area (Å²) in [5, 5.41) is 193. The fourth-order valence-electron chi connectivity index (χ4n) is 17.7. The summed E-state index contributed by atoms with van der Waals surface area (Å²) in [6, 6.07) is 0. The lowest BCUT2D eigenvalue weighted by atomic mass is 9.46. The predicted molar refractivity (Wildman–Crippen MR) is 323 cm³/mol. The molecule has 0 aromatic heterocycles. The van der Waals surface area contributed by atoms with Gasteiger partial charge in [0, 0.05) is 5.92 Å². The average molecular weight is 1440 g/mol. The van der Waals surface area contributed by atoms with Crippen molar-refractivity contribution in [1.29, 1.82) is 0 Å². The third kappa shape index (κ3) is 14.4. The predicted octanol–water partition coefficient (Wildman–Crippen LogP) is -5.83. The summed E-state index contributed by atoms with van der Waals surface area (Å²) in [5.74, 6) is -1.45. The van der Waals surface area contributed by atoms with Crippen LogP contribution in [0, 0.1) is 46.3 Å². The Kier molecular flexibility index (Phi) is 23.4. The van der Waals surface area contributed by atoms with Gasteiger partial charge in [-0.2, -0.15) is 8.42 Å². The third-order valence-corrected chi connectivity index (χ3v) is 24.4. The van der Waals surface area contributed by atoms with Crippen LogP contribution in [-0.2, 0) is 76.2 Å². The zero-order valence-electron chi connectivity index (χ0n) is 56.0. The average Bonchev–Trinajstić information content (AvgIpc) is 1.41. The fraction of sp³-hybridized carbons (Fsp3) is 0.968. The number of rotatable bonds is 20. The molecule has 0 spiro atoms. The van der Waals surface area contributed by atoms with Crippen LogP contribution in [-0.4, -0.2) is 334 Å². The largest absolute Gasteiger partial charge is 0.397 e. The standard InChI is InChI=1S/C63H104O34S/c1-20(2)21(3)48-54(91-48)63(9,80)32-11-10-26-33-27(13-15-62(26,32)8)61(7)14-12-25(97-98(81,82)83)16-28(61)49(39(33)71)92-58-47(79)51(36(68)24(6)87-58)94-59-52(95-55-43(75)40(72)34(66)22(4)85-55)38(70)31(19-84-59)90-60-53(96-56-44(76)41(73)35(67)23(5)86-56)46(78)50(30(18-65)89-60)93-57-45(77)42(74)37(69)29(17-64)88-57/h13,20-26,28-60,64-80H,10-12,14-19H2,1-9H3,(H,81,82,83)/t21-,22+,23+,24+,25-,26-,28+,29+,30+,31+,32-,33-,34+,35-,36+,37-,38-,39-,40-,41-,42-,43+,44+,45+,46-,47+,48-,49+,50+,51-,52+,53+,54+,55-,56-,57-,58-,59-,60-,61+,62-,63+/m0/s1. The van der Waals surface area contributed by atoms with E-state index in [2.05, 4.69) is 33.8 Å². The molecule has 11 aliphatic rings. The van der Waals surface area contributed by atoms with Crippen molar-refractivity contribution in [1.82, 2.24) is 0 Å². The van der Waals surface area contributed by atoms with Gasteiger partial charge in [0.2, 0.25) is 0 Å². The van der Waals surface area contributed by atoms with Crippen molar-refractivity contribution >= 4 is 10.4 Å². The maximum atomic E-state index is 13.1. The highest BCUT2D eigenvalue weighted by molar-refractivity contribution is 7.80. The number of aliphatic hydroxyl groups excluding tert-OH is 16.